The van der Waals surface area contributed by atoms with Crippen LogP contribution < -0.4 is 10.6 Å². The van der Waals surface area contributed by atoms with Gasteiger partial charge in [-0.25, -0.2) is 4.79 Å². The van der Waals surface area contributed by atoms with Crippen LogP contribution in [-0.2, 0) is 17.8 Å². The number of carbonyl (C=O) groups is 1. The fourth-order valence-corrected chi connectivity index (χ4v) is 2.94. The highest BCUT2D eigenvalue weighted by atomic mass is 32.1. The summed E-state index contributed by atoms with van der Waals surface area (Å²) in [6.45, 7) is 2.10. The van der Waals surface area contributed by atoms with Crippen molar-refractivity contribution in [3.63, 3.8) is 0 Å². The molecule has 0 aliphatic carbocycles. The van der Waals surface area contributed by atoms with Gasteiger partial charge in [0.15, 0.2) is 0 Å². The minimum absolute atomic E-state index is 0.224. The minimum atomic E-state index is -0.224. The zero-order chi connectivity index (χ0) is 14.5. The summed E-state index contributed by atoms with van der Waals surface area (Å²) in [7, 11) is 0. The summed E-state index contributed by atoms with van der Waals surface area (Å²) >= 11 is 1.62. The van der Waals surface area contributed by atoms with Crippen LogP contribution in [-0.4, -0.2) is 28.5 Å². The van der Waals surface area contributed by atoms with Crippen LogP contribution in [0.4, 0.5) is 10.5 Å². The Labute approximate surface area is 127 Å². The van der Waals surface area contributed by atoms with Crippen LogP contribution in [0.5, 0.6) is 0 Å². The molecule has 112 valence electrons. The first-order chi connectivity index (χ1) is 10.3. The molecule has 6 nitrogen and oxygen atoms in total. The molecular formula is C14H18N4O2S. The Morgan fingerprint density at radius 1 is 1.57 bits per heavy atom. The average molecular weight is 306 g/mol. The summed E-state index contributed by atoms with van der Waals surface area (Å²) in [5.74, 6) is 0. The Kier molecular flexibility index (Phi) is 4.52. The Hall–Kier alpha value is -1.86. The third-order valence-electron chi connectivity index (χ3n) is 3.34. The molecule has 2 amide bonds. The Balaban J connectivity index is 1.46. The molecule has 1 saturated heterocycles. The van der Waals surface area contributed by atoms with Gasteiger partial charge >= 0.3 is 6.03 Å². The number of hydrogen-bond acceptors (Lipinski definition) is 4. The molecule has 2 N–H and O–H groups in total. The van der Waals surface area contributed by atoms with E-state index in [2.05, 4.69) is 15.7 Å². The van der Waals surface area contributed by atoms with Crippen LogP contribution in [0.1, 0.15) is 18.4 Å². The van der Waals surface area contributed by atoms with Gasteiger partial charge in [0, 0.05) is 19.3 Å². The Morgan fingerprint density at radius 3 is 3.29 bits per heavy atom. The van der Waals surface area contributed by atoms with E-state index in [4.69, 9.17) is 4.74 Å². The summed E-state index contributed by atoms with van der Waals surface area (Å²) in [4.78, 5) is 11.8. The maximum atomic E-state index is 11.8. The molecule has 0 saturated carbocycles. The number of anilines is 1. The SMILES string of the molecule is O=C(NCc1ccsc1)Nc1cnn(CC2CCCO2)c1. The number of amides is 2. The lowest BCUT2D eigenvalue weighted by atomic mass is 10.2. The van der Waals surface area contributed by atoms with E-state index in [9.17, 15) is 4.79 Å². The number of thiophene rings is 1. The van der Waals surface area contributed by atoms with Gasteiger partial charge in [-0.2, -0.15) is 16.4 Å². The molecule has 1 unspecified atom stereocenters. The predicted octanol–water partition coefficient (Wildman–Crippen LogP) is 2.45. The van der Waals surface area contributed by atoms with Crippen LogP contribution in [0.2, 0.25) is 0 Å². The van der Waals surface area contributed by atoms with Crippen molar-refractivity contribution in [2.75, 3.05) is 11.9 Å². The summed E-state index contributed by atoms with van der Waals surface area (Å²) in [5, 5.41) is 13.8. The van der Waals surface area contributed by atoms with Gasteiger partial charge in [-0.05, 0) is 35.2 Å². The van der Waals surface area contributed by atoms with Crippen LogP contribution >= 0.6 is 11.3 Å². The molecule has 0 radical (unpaired) electrons. The summed E-state index contributed by atoms with van der Waals surface area (Å²) < 4.78 is 7.38. The Bertz CT molecular complexity index is 576. The highest BCUT2D eigenvalue weighted by molar-refractivity contribution is 7.07. The maximum absolute atomic E-state index is 11.8. The molecule has 21 heavy (non-hydrogen) atoms. The fourth-order valence-electron chi connectivity index (χ4n) is 2.28. The fraction of sp³-hybridized carbons (Fsp3) is 0.429. The van der Waals surface area contributed by atoms with Gasteiger partial charge in [-0.1, -0.05) is 0 Å². The van der Waals surface area contributed by atoms with Gasteiger partial charge in [0.2, 0.25) is 0 Å². The second kappa shape index (κ2) is 6.73. The lowest BCUT2D eigenvalue weighted by Gasteiger charge is -2.08. The van der Waals surface area contributed by atoms with Crippen LogP contribution in [0.3, 0.4) is 0 Å². The first-order valence-corrected chi connectivity index (χ1v) is 7.94. The van der Waals surface area contributed by atoms with E-state index in [1.54, 1.807) is 17.5 Å². The first-order valence-electron chi connectivity index (χ1n) is 6.99. The molecule has 1 fully saturated rings. The molecule has 3 heterocycles. The van der Waals surface area contributed by atoms with E-state index in [1.165, 1.54) is 0 Å². The Morgan fingerprint density at radius 2 is 2.52 bits per heavy atom. The highest BCUT2D eigenvalue weighted by Gasteiger charge is 2.16. The quantitative estimate of drug-likeness (QED) is 0.891. The summed E-state index contributed by atoms with van der Waals surface area (Å²) in [5.41, 5.74) is 1.79. The highest BCUT2D eigenvalue weighted by Crippen LogP contribution is 2.15. The predicted molar refractivity (Wildman–Crippen MR) is 81.4 cm³/mol. The standard InChI is InChI=1S/C14H18N4O2S/c19-14(15-6-11-3-5-21-10-11)17-12-7-16-18(8-12)9-13-2-1-4-20-13/h3,5,7-8,10,13H,1-2,4,6,9H2,(H2,15,17,19). The smallest absolute Gasteiger partial charge is 0.319 e. The third kappa shape index (κ3) is 4.05. The van der Waals surface area contributed by atoms with Crippen molar-refractivity contribution in [3.05, 3.63) is 34.8 Å². The normalized spacial score (nSPS) is 17.8. The topological polar surface area (TPSA) is 68.2 Å². The van der Waals surface area contributed by atoms with Crippen molar-refractivity contribution >= 4 is 23.1 Å². The van der Waals surface area contributed by atoms with Crippen molar-refractivity contribution in [2.24, 2.45) is 0 Å². The molecule has 0 bridgehead atoms. The molecule has 7 heteroatoms. The molecule has 3 rings (SSSR count). The number of rotatable bonds is 5. The lowest BCUT2D eigenvalue weighted by molar-refractivity contribution is 0.0940. The molecule has 2 aromatic rings. The number of carbonyl (C=O) groups excluding carboxylic acids is 1. The van der Waals surface area contributed by atoms with Crippen molar-refractivity contribution in [3.8, 4) is 0 Å². The molecule has 2 aromatic heterocycles. The number of ether oxygens (including phenoxy) is 1. The number of nitrogens with one attached hydrogen (secondary N) is 2. The van der Waals surface area contributed by atoms with Crippen molar-refractivity contribution in [1.82, 2.24) is 15.1 Å². The number of hydrogen-bond donors (Lipinski definition) is 2. The van der Waals surface area contributed by atoms with Gasteiger partial charge in [0.1, 0.15) is 0 Å². The number of nitrogens with zero attached hydrogens (tertiary/aromatic N) is 2. The van der Waals surface area contributed by atoms with Crippen LogP contribution in [0, 0.1) is 0 Å². The molecule has 0 spiro atoms. The maximum Gasteiger partial charge on any atom is 0.319 e. The second-order valence-electron chi connectivity index (χ2n) is 5.03. The molecule has 1 atom stereocenters. The van der Waals surface area contributed by atoms with Crippen molar-refractivity contribution < 1.29 is 9.53 Å². The second-order valence-corrected chi connectivity index (χ2v) is 5.81. The first kappa shape index (κ1) is 14.1. The zero-order valence-electron chi connectivity index (χ0n) is 11.6. The van der Waals surface area contributed by atoms with Crippen LogP contribution in [0.15, 0.2) is 29.2 Å². The molecule has 0 aromatic carbocycles. The van der Waals surface area contributed by atoms with E-state index in [0.29, 0.717) is 12.2 Å². The molecule has 1 aliphatic heterocycles. The number of aromatic nitrogens is 2. The van der Waals surface area contributed by atoms with E-state index in [1.807, 2.05) is 27.7 Å². The van der Waals surface area contributed by atoms with E-state index < -0.39 is 0 Å². The van der Waals surface area contributed by atoms with Gasteiger partial charge in [0.05, 0.1) is 24.5 Å². The summed E-state index contributed by atoms with van der Waals surface area (Å²) in [6.07, 6.45) is 5.90. The third-order valence-corrected chi connectivity index (χ3v) is 4.07. The van der Waals surface area contributed by atoms with Gasteiger partial charge in [-0.3, -0.25) is 4.68 Å². The average Bonchev–Trinajstić information content (AvgIpc) is 3.19. The van der Waals surface area contributed by atoms with E-state index in [-0.39, 0.29) is 12.1 Å². The molecular weight excluding hydrogens is 288 g/mol. The largest absolute Gasteiger partial charge is 0.376 e. The zero-order valence-corrected chi connectivity index (χ0v) is 12.4. The number of urea groups is 1. The summed E-state index contributed by atoms with van der Waals surface area (Å²) in [6, 6.07) is 1.77. The van der Waals surface area contributed by atoms with Gasteiger partial charge in [-0.15, -0.1) is 0 Å². The molecule has 1 aliphatic rings. The van der Waals surface area contributed by atoms with Crippen LogP contribution in [0.25, 0.3) is 0 Å². The van der Waals surface area contributed by atoms with E-state index in [0.717, 1.165) is 31.6 Å². The van der Waals surface area contributed by atoms with Gasteiger partial charge < -0.3 is 15.4 Å². The minimum Gasteiger partial charge on any atom is -0.376 e. The lowest BCUT2D eigenvalue weighted by Crippen LogP contribution is -2.27. The van der Waals surface area contributed by atoms with Crippen molar-refractivity contribution in [2.45, 2.75) is 32.0 Å². The van der Waals surface area contributed by atoms with Crippen molar-refractivity contribution in [1.29, 1.82) is 0 Å². The van der Waals surface area contributed by atoms with E-state index >= 15 is 0 Å². The monoisotopic (exact) mass is 306 g/mol. The van der Waals surface area contributed by atoms with Gasteiger partial charge in [0.25, 0.3) is 0 Å².